The zero-order chi connectivity index (χ0) is 16.7. The van der Waals surface area contributed by atoms with Crippen molar-refractivity contribution in [3.05, 3.63) is 54.1 Å². The molecule has 0 aliphatic carbocycles. The summed E-state index contributed by atoms with van der Waals surface area (Å²) in [4.78, 5) is 23.5. The molecule has 0 radical (unpaired) electrons. The maximum Gasteiger partial charge on any atom is 0.262 e. The summed E-state index contributed by atoms with van der Waals surface area (Å²) in [5.74, 6) is 0.507. The highest BCUT2D eigenvalue weighted by Gasteiger charge is 2.09. The Kier molecular flexibility index (Phi) is 5.71. The molecule has 2 aromatic carbocycles. The number of methoxy groups -OCH3 is 1. The Morgan fingerprint density at radius 2 is 1.83 bits per heavy atom. The van der Waals surface area contributed by atoms with E-state index in [4.69, 9.17) is 15.2 Å². The standard InChI is InChI=1S/C17H18N2O4/c1-22-15-7-2-3-8-16(15)23-11-17(21)19-13-6-4-5-12(9-13)14(20)10-18/h2-9H,10-11,18H2,1H3,(H,19,21). The molecule has 2 rings (SSSR count). The summed E-state index contributed by atoms with van der Waals surface area (Å²) < 4.78 is 10.6. The van der Waals surface area contributed by atoms with Crippen LogP contribution < -0.4 is 20.5 Å². The minimum atomic E-state index is -0.340. The molecule has 0 bridgehead atoms. The number of nitrogens with one attached hydrogen (secondary N) is 1. The number of ketones is 1. The van der Waals surface area contributed by atoms with Gasteiger partial charge in [0.05, 0.1) is 13.7 Å². The maximum atomic E-state index is 11.9. The minimum Gasteiger partial charge on any atom is -0.493 e. The van der Waals surface area contributed by atoms with Crippen LogP contribution in [0.2, 0.25) is 0 Å². The van der Waals surface area contributed by atoms with Gasteiger partial charge in [-0.05, 0) is 24.3 Å². The first-order chi connectivity index (χ1) is 11.1. The number of ether oxygens (including phenoxy) is 2. The first-order valence-electron chi connectivity index (χ1n) is 7.03. The molecule has 0 spiro atoms. The second-order valence-electron chi connectivity index (χ2n) is 4.70. The van der Waals surface area contributed by atoms with Crippen LogP contribution in [0.25, 0.3) is 0 Å². The highest BCUT2D eigenvalue weighted by molar-refractivity contribution is 5.99. The fourth-order valence-electron chi connectivity index (χ4n) is 1.97. The first-order valence-corrected chi connectivity index (χ1v) is 7.03. The largest absolute Gasteiger partial charge is 0.493 e. The topological polar surface area (TPSA) is 90.6 Å². The molecular formula is C17H18N2O4. The van der Waals surface area contributed by atoms with E-state index >= 15 is 0 Å². The molecule has 1 amide bonds. The number of carbonyl (C=O) groups excluding carboxylic acids is 2. The van der Waals surface area contributed by atoms with Crippen molar-refractivity contribution in [2.24, 2.45) is 5.73 Å². The smallest absolute Gasteiger partial charge is 0.262 e. The summed E-state index contributed by atoms with van der Waals surface area (Å²) in [6.45, 7) is -0.246. The molecule has 120 valence electrons. The molecule has 0 aliphatic rings. The minimum absolute atomic E-state index is 0.0751. The van der Waals surface area contributed by atoms with E-state index < -0.39 is 0 Å². The molecule has 0 aliphatic heterocycles. The Hall–Kier alpha value is -2.86. The van der Waals surface area contributed by atoms with Gasteiger partial charge in [-0.1, -0.05) is 24.3 Å². The van der Waals surface area contributed by atoms with Crippen molar-refractivity contribution in [2.75, 3.05) is 25.6 Å². The van der Waals surface area contributed by atoms with Crippen molar-refractivity contribution in [3.8, 4) is 11.5 Å². The number of hydrogen-bond donors (Lipinski definition) is 2. The van der Waals surface area contributed by atoms with E-state index in [9.17, 15) is 9.59 Å². The summed E-state index contributed by atoms with van der Waals surface area (Å²) in [6, 6.07) is 13.7. The van der Waals surface area contributed by atoms with Crippen LogP contribution in [0.15, 0.2) is 48.5 Å². The number of amides is 1. The molecular weight excluding hydrogens is 296 g/mol. The highest BCUT2D eigenvalue weighted by Crippen LogP contribution is 2.25. The van der Waals surface area contributed by atoms with Crippen LogP contribution >= 0.6 is 0 Å². The number of carbonyl (C=O) groups is 2. The monoisotopic (exact) mass is 314 g/mol. The van der Waals surface area contributed by atoms with Gasteiger partial charge in [0.15, 0.2) is 23.9 Å². The lowest BCUT2D eigenvalue weighted by Gasteiger charge is -2.11. The lowest BCUT2D eigenvalue weighted by molar-refractivity contribution is -0.118. The van der Waals surface area contributed by atoms with Crippen LogP contribution in [0.3, 0.4) is 0 Å². The van der Waals surface area contributed by atoms with Gasteiger partial charge in [0, 0.05) is 11.3 Å². The molecule has 0 fully saturated rings. The van der Waals surface area contributed by atoms with Crippen molar-refractivity contribution < 1.29 is 19.1 Å². The molecule has 0 aromatic heterocycles. The predicted octanol–water partition coefficient (Wildman–Crippen LogP) is 1.85. The number of para-hydroxylation sites is 2. The zero-order valence-corrected chi connectivity index (χ0v) is 12.7. The fraction of sp³-hybridized carbons (Fsp3) is 0.176. The van der Waals surface area contributed by atoms with Crippen LogP contribution in [0.5, 0.6) is 11.5 Å². The highest BCUT2D eigenvalue weighted by atomic mass is 16.5. The molecule has 0 atom stereocenters. The predicted molar refractivity (Wildman–Crippen MR) is 86.9 cm³/mol. The Balaban J connectivity index is 1.96. The number of Topliss-reactive ketones (excluding diaryl/α,β-unsaturated/α-hetero) is 1. The molecule has 2 aromatic rings. The quantitative estimate of drug-likeness (QED) is 0.761. The maximum absolute atomic E-state index is 11.9. The first kappa shape index (κ1) is 16.5. The molecule has 6 heteroatoms. The van der Waals surface area contributed by atoms with Crippen LogP contribution in [0, 0.1) is 0 Å². The number of nitrogens with two attached hydrogens (primary N) is 1. The molecule has 6 nitrogen and oxygen atoms in total. The Bertz CT molecular complexity index is 700. The second kappa shape index (κ2) is 7.95. The van der Waals surface area contributed by atoms with Gasteiger partial charge in [0.25, 0.3) is 5.91 Å². The van der Waals surface area contributed by atoms with Gasteiger partial charge < -0.3 is 20.5 Å². The van der Waals surface area contributed by atoms with Crippen LogP contribution in [-0.4, -0.2) is 32.0 Å². The molecule has 3 N–H and O–H groups in total. The normalized spacial score (nSPS) is 10.0. The van der Waals surface area contributed by atoms with E-state index in [0.29, 0.717) is 22.7 Å². The average Bonchev–Trinajstić information content (AvgIpc) is 2.59. The Morgan fingerprint density at radius 3 is 2.52 bits per heavy atom. The second-order valence-corrected chi connectivity index (χ2v) is 4.70. The number of rotatable bonds is 7. The third-order valence-electron chi connectivity index (χ3n) is 3.08. The lowest BCUT2D eigenvalue weighted by Crippen LogP contribution is -2.20. The van der Waals surface area contributed by atoms with Crippen LogP contribution in [-0.2, 0) is 4.79 Å². The number of anilines is 1. The number of benzene rings is 2. The van der Waals surface area contributed by atoms with E-state index in [0.717, 1.165) is 0 Å². The van der Waals surface area contributed by atoms with Crippen molar-refractivity contribution >= 4 is 17.4 Å². The van der Waals surface area contributed by atoms with E-state index in [-0.39, 0.29) is 24.8 Å². The lowest BCUT2D eigenvalue weighted by atomic mass is 10.1. The molecule has 0 unspecified atom stereocenters. The van der Waals surface area contributed by atoms with Crippen molar-refractivity contribution in [1.29, 1.82) is 0 Å². The molecule has 0 saturated heterocycles. The van der Waals surface area contributed by atoms with Gasteiger partial charge in [0.2, 0.25) is 0 Å². The van der Waals surface area contributed by atoms with E-state index in [1.807, 2.05) is 6.07 Å². The van der Waals surface area contributed by atoms with Gasteiger partial charge in [-0.15, -0.1) is 0 Å². The molecule has 23 heavy (non-hydrogen) atoms. The van der Waals surface area contributed by atoms with Crippen LogP contribution in [0.1, 0.15) is 10.4 Å². The third kappa shape index (κ3) is 4.55. The summed E-state index contributed by atoms with van der Waals surface area (Å²) in [6.07, 6.45) is 0. The average molecular weight is 314 g/mol. The number of hydrogen-bond acceptors (Lipinski definition) is 5. The van der Waals surface area contributed by atoms with Gasteiger partial charge in [-0.3, -0.25) is 9.59 Å². The summed E-state index contributed by atoms with van der Waals surface area (Å²) >= 11 is 0. The molecule has 0 heterocycles. The summed E-state index contributed by atoms with van der Waals surface area (Å²) in [5.41, 5.74) is 6.29. The Morgan fingerprint density at radius 1 is 1.09 bits per heavy atom. The zero-order valence-electron chi connectivity index (χ0n) is 12.7. The Labute approximate surface area is 134 Å². The van der Waals surface area contributed by atoms with Gasteiger partial charge >= 0.3 is 0 Å². The summed E-state index contributed by atoms with van der Waals surface area (Å²) in [5, 5.41) is 2.67. The van der Waals surface area contributed by atoms with E-state index in [1.54, 1.807) is 42.5 Å². The van der Waals surface area contributed by atoms with Crippen molar-refractivity contribution in [3.63, 3.8) is 0 Å². The van der Waals surface area contributed by atoms with E-state index in [2.05, 4.69) is 5.32 Å². The SMILES string of the molecule is COc1ccccc1OCC(=O)Nc1cccc(C(=O)CN)c1. The van der Waals surface area contributed by atoms with E-state index in [1.165, 1.54) is 7.11 Å². The summed E-state index contributed by atoms with van der Waals surface area (Å²) in [7, 11) is 1.53. The van der Waals surface area contributed by atoms with Crippen LogP contribution in [0.4, 0.5) is 5.69 Å². The van der Waals surface area contributed by atoms with Gasteiger partial charge in [0.1, 0.15) is 0 Å². The van der Waals surface area contributed by atoms with Gasteiger partial charge in [-0.2, -0.15) is 0 Å². The van der Waals surface area contributed by atoms with Crippen molar-refractivity contribution in [2.45, 2.75) is 0 Å². The van der Waals surface area contributed by atoms with Crippen molar-refractivity contribution in [1.82, 2.24) is 0 Å². The van der Waals surface area contributed by atoms with Gasteiger partial charge in [-0.25, -0.2) is 0 Å². The third-order valence-corrected chi connectivity index (χ3v) is 3.08. The molecule has 0 saturated carbocycles. The fourth-order valence-corrected chi connectivity index (χ4v) is 1.97.